The number of hydrogen-bond acceptors (Lipinski definition) is 4. The highest BCUT2D eigenvalue weighted by molar-refractivity contribution is 5.95. The Hall–Kier alpha value is -2.10. The molecule has 41 heavy (non-hydrogen) atoms. The fourth-order valence-corrected chi connectivity index (χ4v) is 11.6. The molecule has 0 radical (unpaired) electrons. The van der Waals surface area contributed by atoms with Crippen molar-refractivity contribution in [3.05, 3.63) is 42.0 Å². The molecule has 8 aliphatic rings. The molecule has 0 saturated heterocycles. The first-order chi connectivity index (χ1) is 19.9. The van der Waals surface area contributed by atoms with Gasteiger partial charge >= 0.3 is 11.9 Å². The van der Waals surface area contributed by atoms with E-state index < -0.39 is 17.9 Å². The van der Waals surface area contributed by atoms with Crippen LogP contribution in [0, 0.1) is 58.2 Å². The molecule has 0 amide bonds. The summed E-state index contributed by atoms with van der Waals surface area (Å²) in [5.41, 5.74) is 1.78. The predicted octanol–water partition coefficient (Wildman–Crippen LogP) is 8.25. The average molecular weight is 559 g/mol. The molecule has 0 aromatic heterocycles. The van der Waals surface area contributed by atoms with Gasteiger partial charge in [0.2, 0.25) is 0 Å². The number of carbonyl (C=O) groups is 2. The minimum Gasteiger partial charge on any atom is -0.465 e. The average Bonchev–Trinajstić information content (AvgIpc) is 2.91. The second-order valence-electron chi connectivity index (χ2n) is 15.8. The molecule has 4 nitrogen and oxygen atoms in total. The number of carbonyl (C=O) groups excluding carboxylic acids is 2. The minimum atomic E-state index is -0.914. The Labute approximate surface area is 247 Å². The second-order valence-corrected chi connectivity index (χ2v) is 15.8. The van der Waals surface area contributed by atoms with E-state index in [0.29, 0.717) is 24.0 Å². The largest absolute Gasteiger partial charge is 0.465 e. The third kappa shape index (κ3) is 5.91. The zero-order valence-electron chi connectivity index (χ0n) is 25.1. The van der Waals surface area contributed by atoms with Crippen LogP contribution in [0.2, 0.25) is 0 Å². The smallest absolute Gasteiger partial charge is 0.320 e. The normalized spacial score (nSPS) is 39.6. The van der Waals surface area contributed by atoms with E-state index in [1.54, 1.807) is 0 Å². The Morgan fingerprint density at radius 2 is 1.10 bits per heavy atom. The lowest BCUT2D eigenvalue weighted by molar-refractivity contribution is -0.166. The van der Waals surface area contributed by atoms with Crippen LogP contribution < -0.4 is 0 Å². The van der Waals surface area contributed by atoms with E-state index in [-0.39, 0.29) is 5.92 Å². The number of ether oxygens (including phenoxy) is 2. The van der Waals surface area contributed by atoms with Crippen molar-refractivity contribution in [2.75, 3.05) is 13.2 Å². The lowest BCUT2D eigenvalue weighted by atomic mass is 9.49. The lowest BCUT2D eigenvalue weighted by Gasteiger charge is -2.57. The number of rotatable bonds is 11. The Morgan fingerprint density at radius 3 is 1.49 bits per heavy atom. The third-order valence-electron chi connectivity index (χ3n) is 12.5. The number of hydrogen-bond donors (Lipinski definition) is 0. The second kappa shape index (κ2) is 11.2. The van der Waals surface area contributed by atoms with Gasteiger partial charge in [-0.2, -0.15) is 0 Å². The van der Waals surface area contributed by atoms with Crippen molar-refractivity contribution >= 4 is 18.0 Å². The van der Waals surface area contributed by atoms with Crippen molar-refractivity contribution in [2.24, 2.45) is 58.2 Å². The standard InChI is InChI=1S/C37H50O4/c1-25(7-8-26-5-3-2-4-6-26)33(34(38)40-11-9-36-19-27-13-28(20-36)15-29(14-27)21-36)35(39)41-12-10-37-22-30-16-31(23-37)18-32(17-30)24-37/h2-8,25,27-33H,9-24H2,1H3/b8-7+/t25-,27?,28?,29?,30?,31?,32?,33?,36?,37?/m1/s1. The molecule has 8 aliphatic carbocycles. The van der Waals surface area contributed by atoms with Gasteiger partial charge in [-0.05, 0) is 148 Å². The van der Waals surface area contributed by atoms with Gasteiger partial charge in [-0.25, -0.2) is 0 Å². The van der Waals surface area contributed by atoms with E-state index in [9.17, 15) is 9.59 Å². The Kier molecular flexibility index (Phi) is 7.57. The fraction of sp³-hybridized carbons (Fsp3) is 0.730. The third-order valence-corrected chi connectivity index (χ3v) is 12.5. The van der Waals surface area contributed by atoms with Crippen molar-refractivity contribution in [3.63, 3.8) is 0 Å². The highest BCUT2D eigenvalue weighted by Crippen LogP contribution is 2.62. The van der Waals surface area contributed by atoms with E-state index in [4.69, 9.17) is 9.47 Å². The maximum atomic E-state index is 13.6. The molecule has 222 valence electrons. The first kappa shape index (κ1) is 27.7. The van der Waals surface area contributed by atoms with Crippen LogP contribution >= 0.6 is 0 Å². The molecule has 9 rings (SSSR count). The minimum absolute atomic E-state index is 0.297. The molecule has 8 fully saturated rings. The Morgan fingerprint density at radius 1 is 0.707 bits per heavy atom. The van der Waals surface area contributed by atoms with Crippen LogP contribution in [-0.4, -0.2) is 25.2 Å². The Bertz CT molecular complexity index is 1000. The summed E-state index contributed by atoms with van der Waals surface area (Å²) in [6.45, 7) is 2.80. The summed E-state index contributed by atoms with van der Waals surface area (Å²) >= 11 is 0. The van der Waals surface area contributed by atoms with Crippen molar-refractivity contribution in [2.45, 2.75) is 96.8 Å². The summed E-state index contributed by atoms with van der Waals surface area (Å²) in [4.78, 5) is 27.1. The highest BCUT2D eigenvalue weighted by Gasteiger charge is 2.52. The van der Waals surface area contributed by atoms with Crippen molar-refractivity contribution in [1.29, 1.82) is 0 Å². The monoisotopic (exact) mass is 558 g/mol. The van der Waals surface area contributed by atoms with Crippen LogP contribution in [0.25, 0.3) is 6.08 Å². The maximum Gasteiger partial charge on any atom is 0.320 e. The molecule has 1 aromatic carbocycles. The van der Waals surface area contributed by atoms with E-state index in [1.165, 1.54) is 77.0 Å². The first-order valence-corrected chi connectivity index (χ1v) is 16.9. The lowest BCUT2D eigenvalue weighted by Crippen LogP contribution is -2.46. The SMILES string of the molecule is C[C@H](/C=C/c1ccccc1)C(C(=O)OCCC12CC3CC(CC(C3)C1)C2)C(=O)OCCC12CC3CC(CC(C3)C1)C2. The molecule has 0 spiro atoms. The van der Waals surface area contributed by atoms with Gasteiger partial charge in [-0.3, -0.25) is 9.59 Å². The maximum absolute atomic E-state index is 13.6. The summed E-state index contributed by atoms with van der Waals surface area (Å²) < 4.78 is 11.9. The zero-order valence-corrected chi connectivity index (χ0v) is 25.1. The van der Waals surface area contributed by atoms with E-state index in [0.717, 1.165) is 53.9 Å². The molecule has 8 saturated carbocycles. The van der Waals surface area contributed by atoms with E-state index in [2.05, 4.69) is 0 Å². The molecule has 0 aliphatic heterocycles. The summed E-state index contributed by atoms with van der Waals surface area (Å²) in [5, 5.41) is 0. The zero-order chi connectivity index (χ0) is 28.0. The van der Waals surface area contributed by atoms with Crippen LogP contribution in [-0.2, 0) is 19.1 Å². The van der Waals surface area contributed by atoms with Crippen molar-refractivity contribution in [1.82, 2.24) is 0 Å². The molecule has 0 unspecified atom stereocenters. The van der Waals surface area contributed by atoms with Gasteiger partial charge in [0.05, 0.1) is 13.2 Å². The van der Waals surface area contributed by atoms with Crippen LogP contribution in [0.15, 0.2) is 36.4 Å². The predicted molar refractivity (Wildman–Crippen MR) is 160 cm³/mol. The van der Waals surface area contributed by atoms with Crippen molar-refractivity contribution in [3.8, 4) is 0 Å². The van der Waals surface area contributed by atoms with Crippen LogP contribution in [0.1, 0.15) is 102 Å². The van der Waals surface area contributed by atoms with E-state index in [1.807, 2.05) is 49.4 Å². The fourth-order valence-electron chi connectivity index (χ4n) is 11.6. The summed E-state index contributed by atoms with van der Waals surface area (Å²) in [7, 11) is 0. The van der Waals surface area contributed by atoms with Gasteiger partial charge < -0.3 is 9.47 Å². The van der Waals surface area contributed by atoms with Gasteiger partial charge in [0.25, 0.3) is 0 Å². The summed E-state index contributed by atoms with van der Waals surface area (Å²) in [6, 6.07) is 10.1. The van der Waals surface area contributed by atoms with E-state index >= 15 is 0 Å². The Balaban J connectivity index is 0.979. The molecule has 1 atom stereocenters. The topological polar surface area (TPSA) is 52.6 Å². The summed E-state index contributed by atoms with van der Waals surface area (Å²) in [5.74, 6) is 3.30. The summed E-state index contributed by atoms with van der Waals surface area (Å²) in [6.07, 6.45) is 22.2. The van der Waals surface area contributed by atoms with Crippen LogP contribution in [0.5, 0.6) is 0 Å². The van der Waals surface area contributed by atoms with Crippen LogP contribution in [0.4, 0.5) is 0 Å². The number of esters is 2. The molecular weight excluding hydrogens is 508 g/mol. The number of allylic oxidation sites excluding steroid dienone is 1. The highest BCUT2D eigenvalue weighted by atomic mass is 16.6. The molecular formula is C37H50O4. The van der Waals surface area contributed by atoms with Crippen molar-refractivity contribution < 1.29 is 19.1 Å². The first-order valence-electron chi connectivity index (χ1n) is 16.9. The molecule has 8 bridgehead atoms. The van der Waals surface area contributed by atoms with Crippen LogP contribution in [0.3, 0.4) is 0 Å². The molecule has 4 heteroatoms. The molecule has 0 heterocycles. The van der Waals surface area contributed by atoms with Gasteiger partial charge in [0.1, 0.15) is 0 Å². The van der Waals surface area contributed by atoms with Gasteiger partial charge in [0, 0.05) is 0 Å². The van der Waals surface area contributed by atoms with Gasteiger partial charge in [-0.15, -0.1) is 0 Å². The van der Waals surface area contributed by atoms with Gasteiger partial charge in [0.15, 0.2) is 5.92 Å². The molecule has 1 aromatic rings. The van der Waals surface area contributed by atoms with Gasteiger partial charge in [-0.1, -0.05) is 49.4 Å². The molecule has 0 N–H and O–H groups in total. The quantitative estimate of drug-likeness (QED) is 0.203. The number of benzene rings is 1.